The lowest BCUT2D eigenvalue weighted by Crippen LogP contribution is -2.30. The molecule has 4 rings (SSSR count). The number of nitrogen functional groups attached to an aromatic ring is 1. The average molecular weight is 461 g/mol. The van der Waals surface area contributed by atoms with E-state index in [4.69, 9.17) is 5.73 Å². The zero-order chi connectivity index (χ0) is 23.4. The van der Waals surface area contributed by atoms with Gasteiger partial charge in [-0.15, -0.1) is 10.2 Å². The molecule has 3 aromatic carbocycles. The minimum absolute atomic E-state index is 0.0612. The van der Waals surface area contributed by atoms with Gasteiger partial charge in [-0.1, -0.05) is 48.5 Å². The van der Waals surface area contributed by atoms with Crippen LogP contribution in [-0.2, 0) is 10.0 Å². The fraction of sp³-hybridized carbons (Fsp3) is 0.125. The van der Waals surface area contributed by atoms with Gasteiger partial charge >= 0.3 is 0 Å². The van der Waals surface area contributed by atoms with Crippen molar-refractivity contribution in [3.05, 3.63) is 90.6 Å². The monoisotopic (exact) mass is 460 g/mol. The Labute approximate surface area is 193 Å². The van der Waals surface area contributed by atoms with Gasteiger partial charge in [0, 0.05) is 6.54 Å². The van der Waals surface area contributed by atoms with Gasteiger partial charge in [-0.3, -0.25) is 4.31 Å². The van der Waals surface area contributed by atoms with Crippen LogP contribution in [0.25, 0.3) is 5.69 Å². The van der Waals surface area contributed by atoms with E-state index >= 15 is 0 Å². The van der Waals surface area contributed by atoms with Crippen LogP contribution in [0.4, 0.5) is 22.9 Å². The number of hydrogen-bond acceptors (Lipinski definition) is 6. The number of aryl methyl sites for hydroxylation is 1. The van der Waals surface area contributed by atoms with Crippen molar-refractivity contribution in [1.29, 1.82) is 0 Å². The van der Waals surface area contributed by atoms with E-state index in [0.717, 1.165) is 5.69 Å². The highest BCUT2D eigenvalue weighted by Crippen LogP contribution is 2.34. The Morgan fingerprint density at radius 3 is 2.18 bits per heavy atom. The predicted molar refractivity (Wildman–Crippen MR) is 130 cm³/mol. The molecule has 33 heavy (non-hydrogen) atoms. The van der Waals surface area contributed by atoms with E-state index in [9.17, 15) is 8.42 Å². The molecule has 0 amide bonds. The molecule has 0 aliphatic heterocycles. The summed E-state index contributed by atoms with van der Waals surface area (Å²) in [6.45, 7) is 3.84. The van der Waals surface area contributed by atoms with Crippen molar-refractivity contribution in [2.24, 2.45) is 10.2 Å². The lowest BCUT2D eigenvalue weighted by atomic mass is 10.3. The number of sulfonamides is 1. The Morgan fingerprint density at radius 2 is 1.52 bits per heavy atom. The van der Waals surface area contributed by atoms with Crippen LogP contribution in [0.2, 0.25) is 0 Å². The predicted octanol–water partition coefficient (Wildman–Crippen LogP) is 5.39. The van der Waals surface area contributed by atoms with Crippen LogP contribution >= 0.6 is 0 Å². The van der Waals surface area contributed by atoms with Crippen molar-refractivity contribution < 1.29 is 8.42 Å². The molecule has 0 aliphatic rings. The number of hydrogen-bond donors (Lipinski definition) is 1. The first-order valence-electron chi connectivity index (χ1n) is 10.4. The maximum absolute atomic E-state index is 13.5. The third-order valence-corrected chi connectivity index (χ3v) is 7.04. The van der Waals surface area contributed by atoms with Gasteiger partial charge < -0.3 is 5.73 Å². The molecule has 0 saturated carbocycles. The summed E-state index contributed by atoms with van der Waals surface area (Å²) in [6.07, 6.45) is 0. The third kappa shape index (κ3) is 4.35. The number of nitrogens with two attached hydrogens (primary N) is 1. The van der Waals surface area contributed by atoms with Crippen LogP contribution in [0.3, 0.4) is 0 Å². The average Bonchev–Trinajstić information content (AvgIpc) is 3.12. The Morgan fingerprint density at radius 1 is 0.909 bits per heavy atom. The number of rotatable bonds is 7. The highest BCUT2D eigenvalue weighted by Gasteiger charge is 2.26. The molecule has 4 aromatic rings. The van der Waals surface area contributed by atoms with Gasteiger partial charge in [-0.25, -0.2) is 13.1 Å². The van der Waals surface area contributed by atoms with Gasteiger partial charge in [0.2, 0.25) is 0 Å². The summed E-state index contributed by atoms with van der Waals surface area (Å²) in [5.41, 5.74) is 8.86. The molecule has 0 aliphatic carbocycles. The summed E-state index contributed by atoms with van der Waals surface area (Å²) >= 11 is 0. The van der Waals surface area contributed by atoms with Gasteiger partial charge in [0.25, 0.3) is 10.0 Å². The maximum atomic E-state index is 13.5. The molecule has 0 fully saturated rings. The molecule has 0 radical (unpaired) electrons. The van der Waals surface area contributed by atoms with E-state index in [1.165, 1.54) is 10.4 Å². The Kier molecular flexibility index (Phi) is 6.23. The van der Waals surface area contributed by atoms with E-state index in [0.29, 0.717) is 22.9 Å². The van der Waals surface area contributed by atoms with E-state index in [1.54, 1.807) is 61.0 Å². The molecule has 8 nitrogen and oxygen atoms in total. The SMILES string of the molecule is CCN(c1ccccc1)S(=O)(=O)c1ccccc1/N=N/c1c(C)nn(-c2ccccc2)c1N. The molecule has 2 N–H and O–H groups in total. The molecule has 168 valence electrons. The lowest BCUT2D eigenvalue weighted by Gasteiger charge is -2.23. The smallest absolute Gasteiger partial charge is 0.266 e. The van der Waals surface area contributed by atoms with Crippen LogP contribution in [0, 0.1) is 6.92 Å². The number of benzene rings is 3. The topological polar surface area (TPSA) is 106 Å². The molecule has 0 saturated heterocycles. The first-order valence-corrected chi connectivity index (χ1v) is 11.9. The molecular weight excluding hydrogens is 436 g/mol. The van der Waals surface area contributed by atoms with Crippen LogP contribution < -0.4 is 10.0 Å². The molecule has 0 spiro atoms. The van der Waals surface area contributed by atoms with Crippen molar-refractivity contribution in [2.75, 3.05) is 16.6 Å². The second-order valence-corrected chi connectivity index (χ2v) is 9.07. The van der Waals surface area contributed by atoms with E-state index in [-0.39, 0.29) is 17.1 Å². The maximum Gasteiger partial charge on any atom is 0.266 e. The van der Waals surface area contributed by atoms with Crippen LogP contribution in [0.1, 0.15) is 12.6 Å². The summed E-state index contributed by atoms with van der Waals surface area (Å²) in [5, 5.41) is 13.0. The largest absolute Gasteiger partial charge is 0.382 e. The number of azo groups is 1. The summed E-state index contributed by atoms with van der Waals surface area (Å²) < 4.78 is 29.9. The number of nitrogens with zero attached hydrogens (tertiary/aromatic N) is 5. The van der Waals surface area contributed by atoms with Crippen LogP contribution in [-0.4, -0.2) is 24.7 Å². The molecular formula is C24H24N6O2S. The quantitative estimate of drug-likeness (QED) is 0.373. The van der Waals surface area contributed by atoms with Gasteiger partial charge in [0.05, 0.1) is 17.1 Å². The zero-order valence-electron chi connectivity index (χ0n) is 18.3. The van der Waals surface area contributed by atoms with Gasteiger partial charge in [0.1, 0.15) is 10.6 Å². The molecule has 1 aromatic heterocycles. The van der Waals surface area contributed by atoms with E-state index < -0.39 is 10.0 Å². The van der Waals surface area contributed by atoms with Crippen molar-refractivity contribution in [2.45, 2.75) is 18.7 Å². The standard InChI is InChI=1S/C24H24N6O2S/c1-3-29(19-12-6-4-7-13-19)33(31,32)22-17-11-10-16-21(22)26-27-23-18(2)28-30(24(23)25)20-14-8-5-9-15-20/h4-17H,3,25H2,1-2H3/b27-26+. The third-order valence-electron chi connectivity index (χ3n) is 5.09. The first-order chi connectivity index (χ1) is 15.9. The van der Waals surface area contributed by atoms with Crippen molar-refractivity contribution in [3.63, 3.8) is 0 Å². The Bertz CT molecular complexity index is 1380. The number of para-hydroxylation sites is 2. The first kappa shape index (κ1) is 22.2. The Hall–Kier alpha value is -3.98. The lowest BCUT2D eigenvalue weighted by molar-refractivity contribution is 0.592. The summed E-state index contributed by atoms with van der Waals surface area (Å²) in [4.78, 5) is 0.0612. The normalized spacial score (nSPS) is 11.7. The Balaban J connectivity index is 1.73. The molecule has 1 heterocycles. The summed E-state index contributed by atoms with van der Waals surface area (Å²) in [7, 11) is -3.87. The van der Waals surface area contributed by atoms with Gasteiger partial charge in [-0.2, -0.15) is 5.10 Å². The fourth-order valence-corrected chi connectivity index (χ4v) is 5.09. The van der Waals surface area contributed by atoms with Gasteiger partial charge in [0.15, 0.2) is 11.5 Å². The molecule has 9 heteroatoms. The fourth-order valence-electron chi connectivity index (χ4n) is 3.49. The molecule has 0 atom stereocenters. The minimum atomic E-state index is -3.87. The number of aromatic nitrogens is 2. The number of anilines is 2. The van der Waals surface area contributed by atoms with Crippen LogP contribution in [0.5, 0.6) is 0 Å². The molecule has 0 unspecified atom stereocenters. The second kappa shape index (κ2) is 9.25. The van der Waals surface area contributed by atoms with Gasteiger partial charge in [-0.05, 0) is 50.2 Å². The van der Waals surface area contributed by atoms with Crippen LogP contribution in [0.15, 0.2) is 100 Å². The minimum Gasteiger partial charge on any atom is -0.382 e. The van der Waals surface area contributed by atoms with E-state index in [2.05, 4.69) is 15.3 Å². The second-order valence-electron chi connectivity index (χ2n) is 7.24. The van der Waals surface area contributed by atoms with E-state index in [1.807, 2.05) is 36.4 Å². The zero-order valence-corrected chi connectivity index (χ0v) is 19.1. The summed E-state index contributed by atoms with van der Waals surface area (Å²) in [5.74, 6) is 0.322. The van der Waals surface area contributed by atoms with Crippen molar-refractivity contribution in [1.82, 2.24) is 9.78 Å². The van der Waals surface area contributed by atoms with Crippen molar-refractivity contribution >= 4 is 32.9 Å². The molecule has 0 bridgehead atoms. The highest BCUT2D eigenvalue weighted by molar-refractivity contribution is 7.93. The highest BCUT2D eigenvalue weighted by atomic mass is 32.2. The summed E-state index contributed by atoms with van der Waals surface area (Å²) in [6, 6.07) is 24.9. The van der Waals surface area contributed by atoms with Crippen molar-refractivity contribution in [3.8, 4) is 5.69 Å².